The van der Waals surface area contributed by atoms with Crippen molar-refractivity contribution in [3.63, 3.8) is 0 Å². The van der Waals surface area contributed by atoms with Crippen molar-refractivity contribution in [2.75, 3.05) is 103 Å². The van der Waals surface area contributed by atoms with Gasteiger partial charge in [-0.2, -0.15) is 55.3 Å². The molecule has 12 amide bonds. The van der Waals surface area contributed by atoms with Crippen molar-refractivity contribution in [3.05, 3.63) is 0 Å². The number of anilines is 3. The maximum absolute atomic E-state index is 14.0. The number of hydrogen-bond acceptors (Lipinski definition) is 23. The normalized spacial score (nSPS) is 22.1. The lowest BCUT2D eigenvalue weighted by Crippen LogP contribution is -2.54. The van der Waals surface area contributed by atoms with Crippen molar-refractivity contribution in [1.82, 2.24) is 78.8 Å². The maximum Gasteiger partial charge on any atom is 0.315 e. The highest BCUT2D eigenvalue weighted by atomic mass is 32.2. The van der Waals surface area contributed by atoms with E-state index in [-0.39, 0.29) is 60.9 Å². The third-order valence-corrected chi connectivity index (χ3v) is 23.8. The van der Waals surface area contributed by atoms with Gasteiger partial charge >= 0.3 is 18.0 Å². The van der Waals surface area contributed by atoms with Crippen LogP contribution in [-0.2, 0) is 63.4 Å². The second-order valence-electron chi connectivity index (χ2n) is 27.4. The summed E-state index contributed by atoms with van der Waals surface area (Å²) in [6.07, 6.45) is 10.0. The molecule has 0 aromatic carbocycles. The van der Waals surface area contributed by atoms with E-state index in [4.69, 9.17) is 15.0 Å². The van der Waals surface area contributed by atoms with Crippen LogP contribution < -0.4 is 78.5 Å². The topological polar surface area (TPSA) is 509 Å². The van der Waals surface area contributed by atoms with Crippen LogP contribution in [0.1, 0.15) is 154 Å². The molecular weight excluding hydrogens is 1430 g/mol. The van der Waals surface area contributed by atoms with E-state index in [0.717, 1.165) is 37.2 Å². The van der Waals surface area contributed by atoms with Crippen LogP contribution in [0.5, 0.6) is 0 Å². The Labute approximate surface area is 608 Å². The highest BCUT2D eigenvalue weighted by Crippen LogP contribution is 2.35. The summed E-state index contributed by atoms with van der Waals surface area (Å²) in [6.45, 7) is 1.98. The molecule has 0 saturated carbocycles. The van der Waals surface area contributed by atoms with Gasteiger partial charge in [-0.25, -0.2) is 9.59 Å². The van der Waals surface area contributed by atoms with E-state index in [1.165, 1.54) is 0 Å². The first-order valence-corrected chi connectivity index (χ1v) is 41.3. The molecule has 8 atom stereocenters. The largest absolute Gasteiger partial charge is 0.481 e. The Morgan fingerprint density at radius 3 is 1.17 bits per heavy atom. The minimum absolute atomic E-state index is 0.0105. The Balaban J connectivity index is 0.793. The fourth-order valence-corrected chi connectivity index (χ4v) is 17.4. The summed E-state index contributed by atoms with van der Waals surface area (Å²) in [7, 11) is -8.82. The molecule has 0 bridgehead atoms. The Kier molecular flexibility index (Phi) is 31.8. The predicted octanol–water partition coefficient (Wildman–Crippen LogP) is -1.09. The Hall–Kier alpha value is -7.30. The maximum atomic E-state index is 14.0. The number of nitrogens with zero attached hydrogens (tertiary/aromatic N) is 6. The summed E-state index contributed by atoms with van der Waals surface area (Å²) >= 11 is 3.66. The van der Waals surface area contributed by atoms with Gasteiger partial charge in [0.15, 0.2) is 0 Å². The van der Waals surface area contributed by atoms with Crippen LogP contribution in [0.4, 0.5) is 27.4 Å². The molecule has 0 aliphatic carbocycles. The van der Waals surface area contributed by atoms with Crippen molar-refractivity contribution in [1.29, 1.82) is 0 Å². The van der Waals surface area contributed by atoms with E-state index in [1.54, 1.807) is 0 Å². The van der Waals surface area contributed by atoms with Crippen molar-refractivity contribution >= 4 is 127 Å². The SMILES string of the molecule is O=C(CCCCC1SCC2NC(=O)NC21)NCCCCCC(=O)NC(CC(=O)NCCS(=O)(=O)O)C(=O)NC1CCN(c2nc(N3CCC(NC(=O)C(CC(=O)NCCS(=O)(=O)O)NC(=O)CCCCCNC(=O)CCCCC4SC[C@H]5NC(=O)NC45)CC3)nc(N3CCC(C(=O)O)CC3)n2)CC1. The van der Waals surface area contributed by atoms with E-state index < -0.39 is 129 Å². The van der Waals surface area contributed by atoms with Crippen molar-refractivity contribution < 1.29 is 83.8 Å². The molecule has 7 aliphatic heterocycles. The Bertz CT molecular complexity index is 3150. The van der Waals surface area contributed by atoms with Crippen LogP contribution in [0.15, 0.2) is 0 Å². The van der Waals surface area contributed by atoms with Crippen LogP contribution in [0.2, 0.25) is 0 Å². The second kappa shape index (κ2) is 40.3. The zero-order valence-electron chi connectivity index (χ0n) is 58.0. The van der Waals surface area contributed by atoms with Crippen molar-refractivity contribution in [2.45, 2.75) is 213 Å². The summed E-state index contributed by atoms with van der Waals surface area (Å²) in [5.74, 6) is -4.24. The minimum Gasteiger partial charge on any atom is -0.481 e. The first-order chi connectivity index (χ1) is 49.2. The van der Waals surface area contributed by atoms with Crippen LogP contribution >= 0.6 is 23.5 Å². The summed E-state index contributed by atoms with van der Waals surface area (Å²) in [5.41, 5.74) is 0. The lowest BCUT2D eigenvalue weighted by atomic mass is 9.97. The first kappa shape index (κ1) is 81.4. The number of thioether (sulfide) groups is 2. The number of urea groups is 2. The van der Waals surface area contributed by atoms with Gasteiger partial charge in [0.2, 0.25) is 65.1 Å². The number of aliphatic carboxylic acids is 1. The van der Waals surface area contributed by atoms with E-state index in [0.29, 0.717) is 183 Å². The standard InChI is InChI=1S/C63H102N18O18S4/c82-48(13-7-5-11-46-54-44(37-100-46)72-62(92)74-54)64-23-9-1-3-15-50(84)70-42(35-52(86)66-25-33-102(94,95)96)56(88)68-40-19-29-80(30-20-40)60-76-59(79-27-17-39(18-28-79)58(90)91)77-61(78-60)81-31-21-41(22-32-81)69-57(89)43(36-53(87)67-26-34-103(97,98)99)71-51(85)16-4-2-10-24-65-49(83)14-8-6-12-47-55-45(38-101-47)73-63(93)75-55/h39-47,54-55H,1-38H2,(H,64,82)(H,65,83)(H,66,86)(H,67,87)(H,68,88)(H,69,89)(H,70,84)(H,71,85)(H,90,91)(H2,72,74,92)(H2,73,75,93)(H,94,95,96)(H,97,98,99)/t42?,43?,44-,45?,46?,47?,54?,55?/m1/s1. The number of rotatable bonds is 42. The number of nitrogens with one attached hydrogen (secondary N) is 12. The van der Waals surface area contributed by atoms with Gasteiger partial charge in [-0.15, -0.1) is 0 Å². The third-order valence-electron chi connectivity index (χ3n) is 19.4. The smallest absolute Gasteiger partial charge is 0.315 e. The fourth-order valence-electron chi connectivity index (χ4n) is 13.6. The minimum atomic E-state index is -4.41. The molecule has 8 rings (SSSR count). The van der Waals surface area contributed by atoms with Gasteiger partial charge in [0, 0.05) is 125 Å². The zero-order valence-corrected chi connectivity index (χ0v) is 61.3. The number of hydrogen-bond donors (Lipinski definition) is 15. The Morgan fingerprint density at radius 2 is 0.806 bits per heavy atom. The van der Waals surface area contributed by atoms with E-state index in [2.05, 4.69) is 63.8 Å². The van der Waals surface area contributed by atoms with Gasteiger partial charge in [-0.05, 0) is 89.9 Å². The van der Waals surface area contributed by atoms with Crippen LogP contribution in [-0.4, -0.2) is 259 Å². The van der Waals surface area contributed by atoms with E-state index in [1.807, 2.05) is 38.2 Å². The molecule has 8 heterocycles. The molecule has 36 nitrogen and oxygen atoms in total. The third kappa shape index (κ3) is 27.9. The Morgan fingerprint density at radius 1 is 0.456 bits per heavy atom. The first-order valence-electron chi connectivity index (χ1n) is 36.0. The number of carbonyl (C=O) groups excluding carboxylic acids is 10. The van der Waals surface area contributed by atoms with Crippen LogP contribution in [0.25, 0.3) is 0 Å². The number of aromatic nitrogens is 3. The number of carbonyl (C=O) groups is 11. The second-order valence-corrected chi connectivity index (χ2v) is 33.0. The monoisotopic (exact) mass is 1530 g/mol. The lowest BCUT2D eigenvalue weighted by molar-refractivity contribution is -0.142. The van der Waals surface area contributed by atoms with Crippen LogP contribution in [0, 0.1) is 5.92 Å². The predicted molar refractivity (Wildman–Crippen MR) is 382 cm³/mol. The highest BCUT2D eigenvalue weighted by Gasteiger charge is 2.44. The molecule has 7 unspecified atom stereocenters. The van der Waals surface area contributed by atoms with Crippen LogP contribution in [0.3, 0.4) is 0 Å². The van der Waals surface area contributed by atoms with Gasteiger partial charge in [0.25, 0.3) is 20.2 Å². The van der Waals surface area contributed by atoms with E-state index in [9.17, 15) is 83.8 Å². The molecule has 7 fully saturated rings. The summed E-state index contributed by atoms with van der Waals surface area (Å²) in [4.78, 5) is 161. The number of amides is 12. The quantitative estimate of drug-likeness (QED) is 0.0210. The molecule has 7 aliphatic rings. The summed E-state index contributed by atoms with van der Waals surface area (Å²) < 4.78 is 63.8. The van der Waals surface area contributed by atoms with Gasteiger partial charge in [-0.1, -0.05) is 25.7 Å². The molecular formula is C63H102N18O18S4. The highest BCUT2D eigenvalue weighted by molar-refractivity contribution is 8.00. The average Bonchev–Trinajstić information content (AvgIpc) is 1.64. The zero-order chi connectivity index (χ0) is 74.1. The molecule has 103 heavy (non-hydrogen) atoms. The molecule has 7 saturated heterocycles. The number of carboxylic acids is 1. The number of fused-ring (bicyclic) bond motifs is 2. The van der Waals surface area contributed by atoms with Crippen molar-refractivity contribution in [2.24, 2.45) is 5.92 Å². The van der Waals surface area contributed by atoms with E-state index >= 15 is 0 Å². The van der Waals surface area contributed by atoms with Gasteiger partial charge < -0.3 is 83.6 Å². The summed E-state index contributed by atoms with van der Waals surface area (Å²) in [5, 5.41) is 44.0. The van der Waals surface area contributed by atoms with Crippen molar-refractivity contribution in [3.8, 4) is 0 Å². The molecule has 576 valence electrons. The molecule has 1 aromatic heterocycles. The number of carboxylic acid groups (broad SMARTS) is 1. The van der Waals surface area contributed by atoms with Gasteiger partial charge in [0.1, 0.15) is 12.1 Å². The summed E-state index contributed by atoms with van der Waals surface area (Å²) in [6, 6.07) is -3.33. The molecule has 1 aromatic rings. The molecule has 0 spiro atoms. The van der Waals surface area contributed by atoms with Gasteiger partial charge in [-0.3, -0.25) is 52.3 Å². The molecule has 15 N–H and O–H groups in total. The average molecular weight is 1530 g/mol. The van der Waals surface area contributed by atoms with Gasteiger partial charge in [0.05, 0.1) is 54.4 Å². The molecule has 0 radical (unpaired) electrons. The fraction of sp³-hybridized carbons (Fsp3) is 0.778. The lowest BCUT2D eigenvalue weighted by Gasteiger charge is -2.36. The number of piperidine rings is 3. The molecule has 40 heteroatoms. The number of unbranched alkanes of at least 4 members (excludes halogenated alkanes) is 6.